The van der Waals surface area contributed by atoms with E-state index in [2.05, 4.69) is 26.0 Å². The highest BCUT2D eigenvalue weighted by Gasteiger charge is 2.44. The van der Waals surface area contributed by atoms with E-state index in [9.17, 15) is 4.79 Å². The number of carbonyl (C=O) groups is 1. The highest BCUT2D eigenvalue weighted by atomic mass is 16.5. The second kappa shape index (κ2) is 11.9. The summed E-state index contributed by atoms with van der Waals surface area (Å²) in [5.74, 6) is 2.52. The molecule has 2 fully saturated rings. The molecular formula is C28H44O2. The highest BCUT2D eigenvalue weighted by Crippen LogP contribution is 2.48. The Hall–Kier alpha value is -1.31. The lowest BCUT2D eigenvalue weighted by molar-refractivity contribution is -0.149. The van der Waals surface area contributed by atoms with Crippen molar-refractivity contribution in [2.75, 3.05) is 0 Å². The fourth-order valence-electron chi connectivity index (χ4n) is 5.86. The van der Waals surface area contributed by atoms with Gasteiger partial charge < -0.3 is 4.74 Å². The Labute approximate surface area is 185 Å². The molecule has 2 nitrogen and oxygen atoms in total. The first-order valence-corrected chi connectivity index (χ1v) is 13.0. The van der Waals surface area contributed by atoms with Gasteiger partial charge in [0.25, 0.3) is 0 Å². The van der Waals surface area contributed by atoms with Crippen LogP contribution in [-0.4, -0.2) is 5.97 Å². The van der Waals surface area contributed by atoms with E-state index in [-0.39, 0.29) is 11.4 Å². The minimum absolute atomic E-state index is 0.0387. The van der Waals surface area contributed by atoms with Crippen LogP contribution in [-0.2, 0) is 11.2 Å². The summed E-state index contributed by atoms with van der Waals surface area (Å²) in [7, 11) is 0. The average molecular weight is 413 g/mol. The van der Waals surface area contributed by atoms with Gasteiger partial charge in [0.05, 0.1) is 5.41 Å². The second-order valence-corrected chi connectivity index (χ2v) is 10.1. The molecule has 2 heteroatoms. The lowest BCUT2D eigenvalue weighted by Crippen LogP contribution is -2.40. The Morgan fingerprint density at radius 1 is 0.867 bits per heavy atom. The third-order valence-electron chi connectivity index (χ3n) is 7.95. The maximum Gasteiger partial charge on any atom is 0.317 e. The molecule has 0 heterocycles. The van der Waals surface area contributed by atoms with Gasteiger partial charge in [-0.1, -0.05) is 83.8 Å². The molecule has 0 N–H and O–H groups in total. The summed E-state index contributed by atoms with van der Waals surface area (Å²) in [6.07, 6.45) is 19.7. The molecule has 0 spiro atoms. The molecule has 0 saturated heterocycles. The van der Waals surface area contributed by atoms with Crippen molar-refractivity contribution in [1.82, 2.24) is 0 Å². The summed E-state index contributed by atoms with van der Waals surface area (Å²) in [6, 6.07) is 8.27. The standard InChI is InChI=1S/C28H44O2/c1-3-5-8-11-23-14-16-26(17-15-23)30-27(29)28(20-6-4-2)21-18-25(19-22-28)24-12-9-7-10-13-24/h14-17,24-25H,3-13,18-22H2,1-2H3. The van der Waals surface area contributed by atoms with Gasteiger partial charge >= 0.3 is 5.97 Å². The van der Waals surface area contributed by atoms with Crippen molar-refractivity contribution in [3.63, 3.8) is 0 Å². The lowest BCUT2D eigenvalue weighted by Gasteiger charge is -2.41. The van der Waals surface area contributed by atoms with Crippen LogP contribution in [0.15, 0.2) is 24.3 Å². The first-order chi connectivity index (χ1) is 14.7. The topological polar surface area (TPSA) is 26.3 Å². The van der Waals surface area contributed by atoms with Gasteiger partial charge in [-0.3, -0.25) is 4.79 Å². The molecule has 0 aliphatic heterocycles. The summed E-state index contributed by atoms with van der Waals surface area (Å²) in [4.78, 5) is 13.4. The van der Waals surface area contributed by atoms with Crippen LogP contribution in [0.3, 0.4) is 0 Å². The van der Waals surface area contributed by atoms with Crippen LogP contribution < -0.4 is 4.74 Å². The van der Waals surface area contributed by atoms with Crippen molar-refractivity contribution < 1.29 is 9.53 Å². The molecule has 0 aromatic heterocycles. The minimum atomic E-state index is -0.249. The SMILES string of the molecule is CCCCCc1ccc(OC(=O)C2(CCCC)CCC(C3CCCCC3)CC2)cc1. The molecule has 0 unspecified atom stereocenters. The Morgan fingerprint density at radius 2 is 1.50 bits per heavy atom. The Balaban J connectivity index is 1.58. The van der Waals surface area contributed by atoms with Crippen LogP contribution in [0.25, 0.3) is 0 Å². The zero-order valence-electron chi connectivity index (χ0n) is 19.6. The van der Waals surface area contributed by atoms with Crippen LogP contribution in [0.4, 0.5) is 0 Å². The van der Waals surface area contributed by atoms with E-state index < -0.39 is 0 Å². The van der Waals surface area contributed by atoms with E-state index in [4.69, 9.17) is 4.74 Å². The van der Waals surface area contributed by atoms with Crippen molar-refractivity contribution in [3.05, 3.63) is 29.8 Å². The van der Waals surface area contributed by atoms with Crippen LogP contribution in [0, 0.1) is 17.3 Å². The van der Waals surface area contributed by atoms with Gasteiger partial charge in [0.15, 0.2) is 0 Å². The molecule has 168 valence electrons. The largest absolute Gasteiger partial charge is 0.426 e. The van der Waals surface area contributed by atoms with Crippen molar-refractivity contribution in [1.29, 1.82) is 0 Å². The predicted molar refractivity (Wildman–Crippen MR) is 126 cm³/mol. The number of esters is 1. The van der Waals surface area contributed by atoms with Gasteiger partial charge in [0.1, 0.15) is 5.75 Å². The number of rotatable bonds is 10. The van der Waals surface area contributed by atoms with Gasteiger partial charge in [0.2, 0.25) is 0 Å². The maximum absolute atomic E-state index is 13.4. The quantitative estimate of drug-likeness (QED) is 0.219. The van der Waals surface area contributed by atoms with E-state index in [0.29, 0.717) is 0 Å². The summed E-state index contributed by atoms with van der Waals surface area (Å²) >= 11 is 0. The number of ether oxygens (including phenoxy) is 1. The van der Waals surface area contributed by atoms with E-state index in [1.807, 2.05) is 12.1 Å². The molecule has 0 atom stereocenters. The van der Waals surface area contributed by atoms with Crippen LogP contribution in [0.1, 0.15) is 116 Å². The number of unbranched alkanes of at least 4 members (excludes halogenated alkanes) is 3. The molecule has 1 aromatic carbocycles. The van der Waals surface area contributed by atoms with Crippen molar-refractivity contribution in [2.24, 2.45) is 17.3 Å². The molecule has 1 aromatic rings. The van der Waals surface area contributed by atoms with Gasteiger partial charge in [-0.2, -0.15) is 0 Å². The normalized spacial score (nSPS) is 25.2. The average Bonchev–Trinajstić information content (AvgIpc) is 2.80. The molecule has 30 heavy (non-hydrogen) atoms. The number of hydrogen-bond acceptors (Lipinski definition) is 2. The van der Waals surface area contributed by atoms with Crippen LogP contribution >= 0.6 is 0 Å². The second-order valence-electron chi connectivity index (χ2n) is 10.1. The maximum atomic E-state index is 13.4. The fourth-order valence-corrected chi connectivity index (χ4v) is 5.86. The van der Waals surface area contributed by atoms with E-state index >= 15 is 0 Å². The molecule has 0 amide bonds. The van der Waals surface area contributed by atoms with Gasteiger partial charge in [-0.05, 0) is 74.5 Å². The van der Waals surface area contributed by atoms with Crippen molar-refractivity contribution >= 4 is 5.97 Å². The molecular weight excluding hydrogens is 368 g/mol. The first-order valence-electron chi connectivity index (χ1n) is 13.0. The highest BCUT2D eigenvalue weighted by molar-refractivity contribution is 5.79. The molecule has 0 bridgehead atoms. The monoisotopic (exact) mass is 412 g/mol. The number of hydrogen-bond donors (Lipinski definition) is 0. The summed E-state index contributed by atoms with van der Waals surface area (Å²) in [5.41, 5.74) is 1.10. The summed E-state index contributed by atoms with van der Waals surface area (Å²) < 4.78 is 5.98. The van der Waals surface area contributed by atoms with E-state index in [1.54, 1.807) is 0 Å². The number of benzene rings is 1. The van der Waals surface area contributed by atoms with Crippen molar-refractivity contribution in [3.8, 4) is 5.75 Å². The molecule has 0 radical (unpaired) electrons. The molecule has 2 aliphatic rings. The van der Waals surface area contributed by atoms with Crippen molar-refractivity contribution in [2.45, 2.75) is 117 Å². The number of aryl methyl sites for hydroxylation is 1. The Kier molecular flexibility index (Phi) is 9.27. The smallest absolute Gasteiger partial charge is 0.317 e. The van der Waals surface area contributed by atoms with E-state index in [1.165, 1.54) is 69.8 Å². The van der Waals surface area contributed by atoms with Crippen LogP contribution in [0.2, 0.25) is 0 Å². The van der Waals surface area contributed by atoms with Crippen LogP contribution in [0.5, 0.6) is 5.75 Å². The van der Waals surface area contributed by atoms with Gasteiger partial charge in [0, 0.05) is 0 Å². The third kappa shape index (κ3) is 6.34. The lowest BCUT2D eigenvalue weighted by atomic mass is 9.63. The number of carbonyl (C=O) groups excluding carboxylic acids is 1. The Morgan fingerprint density at radius 3 is 2.13 bits per heavy atom. The third-order valence-corrected chi connectivity index (χ3v) is 7.95. The van der Waals surface area contributed by atoms with Gasteiger partial charge in [-0.25, -0.2) is 0 Å². The zero-order valence-corrected chi connectivity index (χ0v) is 19.6. The minimum Gasteiger partial charge on any atom is -0.426 e. The van der Waals surface area contributed by atoms with Gasteiger partial charge in [-0.15, -0.1) is 0 Å². The zero-order chi connectivity index (χ0) is 21.2. The predicted octanol–water partition coefficient (Wildman–Crippen LogP) is 8.27. The summed E-state index contributed by atoms with van der Waals surface area (Å²) in [6.45, 7) is 4.46. The molecule has 2 saturated carbocycles. The fraction of sp³-hybridized carbons (Fsp3) is 0.750. The molecule has 2 aliphatic carbocycles. The Bertz CT molecular complexity index is 619. The van der Waals surface area contributed by atoms with E-state index in [0.717, 1.165) is 56.1 Å². The molecule has 3 rings (SSSR count). The summed E-state index contributed by atoms with van der Waals surface area (Å²) in [5, 5.41) is 0. The first kappa shape index (κ1) is 23.4.